The van der Waals surface area contributed by atoms with E-state index in [4.69, 9.17) is 0 Å². The highest BCUT2D eigenvalue weighted by Gasteiger charge is 2.26. The molecule has 1 heterocycles. The molecule has 1 aliphatic rings. The van der Waals surface area contributed by atoms with Crippen molar-refractivity contribution in [1.29, 1.82) is 0 Å². The normalized spacial score (nSPS) is 18.5. The second kappa shape index (κ2) is 8.18. The van der Waals surface area contributed by atoms with E-state index in [-0.39, 0.29) is 24.0 Å². The van der Waals surface area contributed by atoms with Gasteiger partial charge in [-0.3, -0.25) is 4.79 Å². The van der Waals surface area contributed by atoms with Gasteiger partial charge in [-0.05, 0) is 36.8 Å². The molecule has 0 spiro atoms. The number of rotatable bonds is 5. The van der Waals surface area contributed by atoms with Gasteiger partial charge in [0, 0.05) is 26.1 Å². The summed E-state index contributed by atoms with van der Waals surface area (Å²) < 4.78 is 0. The number of carbonyl (C=O) groups is 2. The quantitative estimate of drug-likeness (QED) is 0.871. The Morgan fingerprint density at radius 2 is 2.00 bits per heavy atom. The molecule has 0 aliphatic carbocycles. The smallest absolute Gasteiger partial charge is 0.315 e. The average Bonchev–Trinajstić information content (AvgIpc) is 2.95. The molecule has 2 rings (SSSR count). The molecule has 1 aromatic carbocycles. The van der Waals surface area contributed by atoms with Crippen LogP contribution in [0.5, 0.6) is 0 Å². The molecule has 1 aliphatic heterocycles. The standard InChI is InChI=1S/C19H29N3O2/c1-13(2)11-18(17-8-6-5-7-14(17)3)21-19(24)20-16-9-10-22(12-16)15(4)23/h5-8,13,16,18H,9-12H2,1-4H3,(H2,20,21,24)/t16-,18+/m1/s1. The fourth-order valence-corrected chi connectivity index (χ4v) is 3.26. The third-order valence-electron chi connectivity index (χ3n) is 4.55. The first-order chi connectivity index (χ1) is 11.4. The molecule has 0 aromatic heterocycles. The summed E-state index contributed by atoms with van der Waals surface area (Å²) >= 11 is 0. The summed E-state index contributed by atoms with van der Waals surface area (Å²) in [5.41, 5.74) is 2.35. The predicted octanol–water partition coefficient (Wildman–Crippen LogP) is 3.00. The number of urea groups is 1. The molecule has 5 nitrogen and oxygen atoms in total. The van der Waals surface area contributed by atoms with E-state index in [1.54, 1.807) is 11.8 Å². The minimum Gasteiger partial charge on any atom is -0.341 e. The van der Waals surface area contributed by atoms with Crippen molar-refractivity contribution in [2.24, 2.45) is 5.92 Å². The molecule has 0 radical (unpaired) electrons. The molecule has 2 atom stereocenters. The molecule has 1 aromatic rings. The predicted molar refractivity (Wildman–Crippen MR) is 95.7 cm³/mol. The van der Waals surface area contributed by atoms with Crippen molar-refractivity contribution in [3.8, 4) is 0 Å². The van der Waals surface area contributed by atoms with E-state index in [0.29, 0.717) is 19.0 Å². The van der Waals surface area contributed by atoms with Gasteiger partial charge in [0.2, 0.25) is 5.91 Å². The van der Waals surface area contributed by atoms with Gasteiger partial charge < -0.3 is 15.5 Å². The number of likely N-dealkylation sites (tertiary alicyclic amines) is 1. The lowest BCUT2D eigenvalue weighted by molar-refractivity contribution is -0.127. The molecule has 0 bridgehead atoms. The topological polar surface area (TPSA) is 61.4 Å². The zero-order chi connectivity index (χ0) is 17.7. The number of benzene rings is 1. The van der Waals surface area contributed by atoms with Gasteiger partial charge in [-0.15, -0.1) is 0 Å². The maximum absolute atomic E-state index is 12.4. The van der Waals surface area contributed by atoms with Crippen LogP contribution in [0.1, 0.15) is 50.8 Å². The molecular formula is C19H29N3O2. The highest BCUT2D eigenvalue weighted by atomic mass is 16.2. The van der Waals surface area contributed by atoms with Crippen LogP contribution in [0.4, 0.5) is 4.79 Å². The summed E-state index contributed by atoms with van der Waals surface area (Å²) in [5.74, 6) is 0.548. The molecule has 3 amide bonds. The van der Waals surface area contributed by atoms with Gasteiger partial charge in [0.1, 0.15) is 0 Å². The van der Waals surface area contributed by atoms with Crippen molar-refractivity contribution in [3.05, 3.63) is 35.4 Å². The first-order valence-electron chi connectivity index (χ1n) is 8.75. The number of nitrogens with zero attached hydrogens (tertiary/aromatic N) is 1. The number of hydrogen-bond acceptors (Lipinski definition) is 2. The van der Waals surface area contributed by atoms with Crippen LogP contribution >= 0.6 is 0 Å². The first-order valence-corrected chi connectivity index (χ1v) is 8.75. The van der Waals surface area contributed by atoms with E-state index >= 15 is 0 Å². The van der Waals surface area contributed by atoms with Crippen LogP contribution in [0.25, 0.3) is 0 Å². The molecule has 132 valence electrons. The van der Waals surface area contributed by atoms with Gasteiger partial charge in [-0.2, -0.15) is 0 Å². The highest BCUT2D eigenvalue weighted by molar-refractivity contribution is 5.76. The van der Waals surface area contributed by atoms with E-state index in [2.05, 4.69) is 43.5 Å². The molecule has 1 saturated heterocycles. The van der Waals surface area contributed by atoms with Crippen LogP contribution in [-0.2, 0) is 4.79 Å². The number of carbonyl (C=O) groups excluding carboxylic acids is 2. The molecule has 2 N–H and O–H groups in total. The van der Waals surface area contributed by atoms with E-state index in [9.17, 15) is 9.59 Å². The van der Waals surface area contributed by atoms with Crippen LogP contribution < -0.4 is 10.6 Å². The largest absolute Gasteiger partial charge is 0.341 e. The van der Waals surface area contributed by atoms with Crippen LogP contribution in [0, 0.1) is 12.8 Å². The SMILES string of the molecule is CC(=O)N1CC[C@@H](NC(=O)N[C@@H](CC(C)C)c2ccccc2C)C1. The van der Waals surface area contributed by atoms with Gasteiger partial charge in [-0.25, -0.2) is 4.79 Å². The number of aryl methyl sites for hydroxylation is 1. The Balaban J connectivity index is 1.98. The molecular weight excluding hydrogens is 302 g/mol. The number of amides is 3. The maximum atomic E-state index is 12.4. The van der Waals surface area contributed by atoms with Crippen LogP contribution in [-0.4, -0.2) is 36.0 Å². The second-order valence-corrected chi connectivity index (χ2v) is 7.11. The molecule has 24 heavy (non-hydrogen) atoms. The summed E-state index contributed by atoms with van der Waals surface area (Å²) in [7, 11) is 0. The van der Waals surface area contributed by atoms with Crippen molar-refractivity contribution in [2.45, 2.75) is 52.6 Å². The van der Waals surface area contributed by atoms with Crippen molar-refractivity contribution in [3.63, 3.8) is 0 Å². The van der Waals surface area contributed by atoms with Gasteiger partial charge in [-0.1, -0.05) is 38.1 Å². The third kappa shape index (κ3) is 4.98. The fraction of sp³-hybridized carbons (Fsp3) is 0.579. The van der Waals surface area contributed by atoms with Gasteiger partial charge in [0.05, 0.1) is 6.04 Å². The minimum absolute atomic E-state index is 0.00323. The Morgan fingerprint density at radius 1 is 1.29 bits per heavy atom. The van der Waals surface area contributed by atoms with Crippen molar-refractivity contribution >= 4 is 11.9 Å². The third-order valence-corrected chi connectivity index (χ3v) is 4.55. The molecule has 0 saturated carbocycles. The lowest BCUT2D eigenvalue weighted by Gasteiger charge is -2.24. The number of nitrogens with one attached hydrogen (secondary N) is 2. The lowest BCUT2D eigenvalue weighted by atomic mass is 9.94. The Bertz CT molecular complexity index is 586. The first kappa shape index (κ1) is 18.3. The van der Waals surface area contributed by atoms with Crippen molar-refractivity contribution < 1.29 is 9.59 Å². The summed E-state index contributed by atoms with van der Waals surface area (Å²) in [5, 5.41) is 6.14. The van der Waals surface area contributed by atoms with Gasteiger partial charge in [0.15, 0.2) is 0 Å². The van der Waals surface area contributed by atoms with E-state index in [1.807, 2.05) is 12.1 Å². The lowest BCUT2D eigenvalue weighted by Crippen LogP contribution is -2.45. The van der Waals surface area contributed by atoms with Crippen LogP contribution in [0.15, 0.2) is 24.3 Å². The zero-order valence-electron chi connectivity index (χ0n) is 15.1. The van der Waals surface area contributed by atoms with E-state index in [0.717, 1.165) is 18.4 Å². The maximum Gasteiger partial charge on any atom is 0.315 e. The monoisotopic (exact) mass is 331 g/mol. The Kier molecular flexibility index (Phi) is 6.23. The number of hydrogen-bond donors (Lipinski definition) is 2. The minimum atomic E-state index is -0.153. The Hall–Kier alpha value is -2.04. The van der Waals surface area contributed by atoms with Crippen molar-refractivity contribution in [1.82, 2.24) is 15.5 Å². The molecule has 0 unspecified atom stereocenters. The summed E-state index contributed by atoms with van der Waals surface area (Å²) in [6.45, 7) is 9.28. The van der Waals surface area contributed by atoms with Gasteiger partial charge >= 0.3 is 6.03 Å². The Labute approximate surface area is 144 Å². The highest BCUT2D eigenvalue weighted by Crippen LogP contribution is 2.24. The average molecular weight is 331 g/mol. The molecule has 1 fully saturated rings. The summed E-state index contributed by atoms with van der Waals surface area (Å²) in [6, 6.07) is 8.05. The van der Waals surface area contributed by atoms with E-state index in [1.165, 1.54) is 5.56 Å². The van der Waals surface area contributed by atoms with Crippen LogP contribution in [0.3, 0.4) is 0 Å². The summed E-state index contributed by atoms with van der Waals surface area (Å²) in [4.78, 5) is 25.6. The fourth-order valence-electron chi connectivity index (χ4n) is 3.26. The molecule has 5 heteroatoms. The van der Waals surface area contributed by atoms with E-state index < -0.39 is 0 Å². The Morgan fingerprint density at radius 3 is 2.58 bits per heavy atom. The zero-order valence-corrected chi connectivity index (χ0v) is 15.1. The van der Waals surface area contributed by atoms with Crippen molar-refractivity contribution in [2.75, 3.05) is 13.1 Å². The van der Waals surface area contributed by atoms with Gasteiger partial charge in [0.25, 0.3) is 0 Å². The summed E-state index contributed by atoms with van der Waals surface area (Å²) in [6.07, 6.45) is 1.70. The second-order valence-electron chi connectivity index (χ2n) is 7.11. The van der Waals surface area contributed by atoms with Crippen LogP contribution in [0.2, 0.25) is 0 Å².